The van der Waals surface area contributed by atoms with Gasteiger partial charge in [0.25, 0.3) is 5.91 Å². The second-order valence-corrected chi connectivity index (χ2v) is 3.93. The Kier molecular flexibility index (Phi) is 3.28. The molecule has 18 heavy (non-hydrogen) atoms. The van der Waals surface area contributed by atoms with Gasteiger partial charge in [-0.2, -0.15) is 0 Å². The molecule has 0 aliphatic carbocycles. The zero-order valence-electron chi connectivity index (χ0n) is 9.93. The lowest BCUT2D eigenvalue weighted by atomic mass is 10.1. The van der Waals surface area contributed by atoms with E-state index in [-0.39, 0.29) is 11.7 Å². The number of halogens is 1. The summed E-state index contributed by atoms with van der Waals surface area (Å²) in [6, 6.07) is 12.7. The third kappa shape index (κ3) is 2.32. The van der Waals surface area contributed by atoms with E-state index in [4.69, 9.17) is 5.73 Å². The molecule has 0 aliphatic heterocycles. The number of benzene rings is 2. The Balaban J connectivity index is 2.32. The highest BCUT2D eigenvalue weighted by atomic mass is 19.1. The Morgan fingerprint density at radius 1 is 1.17 bits per heavy atom. The number of hydrogen-bond acceptors (Lipinski definition) is 2. The van der Waals surface area contributed by atoms with Crippen molar-refractivity contribution in [2.75, 3.05) is 17.7 Å². The summed E-state index contributed by atoms with van der Waals surface area (Å²) in [5.74, 6) is -0.646. The van der Waals surface area contributed by atoms with E-state index in [1.807, 2.05) is 0 Å². The molecule has 2 aromatic rings. The predicted octanol–water partition coefficient (Wildman–Crippen LogP) is 2.68. The molecule has 4 heteroatoms. The van der Waals surface area contributed by atoms with Crippen LogP contribution in [0.3, 0.4) is 0 Å². The second-order valence-electron chi connectivity index (χ2n) is 3.93. The SMILES string of the molecule is CN(C(=O)c1ccccc1N)c1cccc(F)c1. The molecule has 2 aromatic carbocycles. The van der Waals surface area contributed by atoms with E-state index < -0.39 is 0 Å². The lowest BCUT2D eigenvalue weighted by Gasteiger charge is -2.18. The van der Waals surface area contributed by atoms with E-state index in [2.05, 4.69) is 0 Å². The number of hydrogen-bond donors (Lipinski definition) is 1. The molecule has 1 amide bonds. The van der Waals surface area contributed by atoms with Crippen molar-refractivity contribution in [3.63, 3.8) is 0 Å². The number of carbonyl (C=O) groups excluding carboxylic acids is 1. The molecule has 2 N–H and O–H groups in total. The molecule has 0 fully saturated rings. The van der Waals surface area contributed by atoms with Crippen LogP contribution in [-0.2, 0) is 0 Å². The highest BCUT2D eigenvalue weighted by Crippen LogP contribution is 2.19. The van der Waals surface area contributed by atoms with Gasteiger partial charge in [0.2, 0.25) is 0 Å². The number of nitrogen functional groups attached to an aromatic ring is 1. The topological polar surface area (TPSA) is 46.3 Å². The number of amides is 1. The Labute approximate surface area is 105 Å². The van der Waals surface area contributed by atoms with Crippen LogP contribution in [0.15, 0.2) is 48.5 Å². The maximum absolute atomic E-state index is 13.1. The van der Waals surface area contributed by atoms with Crippen LogP contribution in [0.2, 0.25) is 0 Å². The van der Waals surface area contributed by atoms with Crippen LogP contribution in [0.4, 0.5) is 15.8 Å². The van der Waals surface area contributed by atoms with Crippen LogP contribution in [-0.4, -0.2) is 13.0 Å². The molecule has 0 heterocycles. The van der Waals surface area contributed by atoms with Gasteiger partial charge in [-0.1, -0.05) is 18.2 Å². The highest BCUT2D eigenvalue weighted by molar-refractivity contribution is 6.08. The summed E-state index contributed by atoms with van der Waals surface area (Å²) >= 11 is 0. The molecule has 0 saturated heterocycles. The van der Waals surface area contributed by atoms with E-state index >= 15 is 0 Å². The Morgan fingerprint density at radius 3 is 2.56 bits per heavy atom. The van der Waals surface area contributed by atoms with Crippen LogP contribution in [0.1, 0.15) is 10.4 Å². The summed E-state index contributed by atoms with van der Waals surface area (Å²) in [6.07, 6.45) is 0. The van der Waals surface area contributed by atoms with Crippen molar-refractivity contribution in [1.82, 2.24) is 0 Å². The molecule has 0 bridgehead atoms. The number of rotatable bonds is 2. The summed E-state index contributed by atoms with van der Waals surface area (Å²) in [5.41, 5.74) is 7.05. The summed E-state index contributed by atoms with van der Waals surface area (Å²) in [4.78, 5) is 13.6. The van der Waals surface area contributed by atoms with Crippen molar-refractivity contribution < 1.29 is 9.18 Å². The van der Waals surface area contributed by atoms with Crippen molar-refractivity contribution >= 4 is 17.3 Å². The number of nitrogens with zero attached hydrogens (tertiary/aromatic N) is 1. The smallest absolute Gasteiger partial charge is 0.260 e. The van der Waals surface area contributed by atoms with Gasteiger partial charge in [0.1, 0.15) is 5.82 Å². The molecular weight excluding hydrogens is 231 g/mol. The van der Waals surface area contributed by atoms with Gasteiger partial charge in [-0.25, -0.2) is 4.39 Å². The first kappa shape index (κ1) is 12.1. The van der Waals surface area contributed by atoms with E-state index in [1.54, 1.807) is 43.4 Å². The minimum absolute atomic E-state index is 0.265. The van der Waals surface area contributed by atoms with Gasteiger partial charge in [-0.05, 0) is 30.3 Å². The lowest BCUT2D eigenvalue weighted by Crippen LogP contribution is -2.27. The van der Waals surface area contributed by atoms with Crippen molar-refractivity contribution in [2.45, 2.75) is 0 Å². The quantitative estimate of drug-likeness (QED) is 0.825. The van der Waals surface area contributed by atoms with E-state index in [0.29, 0.717) is 16.9 Å². The van der Waals surface area contributed by atoms with Crippen molar-refractivity contribution in [2.24, 2.45) is 0 Å². The third-order valence-corrected chi connectivity index (χ3v) is 2.69. The first-order valence-corrected chi connectivity index (χ1v) is 5.47. The average molecular weight is 244 g/mol. The summed E-state index contributed by atoms with van der Waals surface area (Å²) < 4.78 is 13.1. The lowest BCUT2D eigenvalue weighted by molar-refractivity contribution is 0.0994. The van der Waals surface area contributed by atoms with Crippen molar-refractivity contribution in [3.8, 4) is 0 Å². The molecule has 92 valence electrons. The highest BCUT2D eigenvalue weighted by Gasteiger charge is 2.15. The van der Waals surface area contributed by atoms with Gasteiger partial charge in [0, 0.05) is 18.4 Å². The van der Waals surface area contributed by atoms with Gasteiger partial charge >= 0.3 is 0 Å². The molecule has 0 aliphatic rings. The Bertz CT molecular complexity index is 584. The average Bonchev–Trinajstić information content (AvgIpc) is 2.37. The Morgan fingerprint density at radius 2 is 1.89 bits per heavy atom. The first-order chi connectivity index (χ1) is 8.59. The molecule has 3 nitrogen and oxygen atoms in total. The fraction of sp³-hybridized carbons (Fsp3) is 0.0714. The number of anilines is 2. The molecule has 0 spiro atoms. The third-order valence-electron chi connectivity index (χ3n) is 2.69. The number of para-hydroxylation sites is 1. The maximum atomic E-state index is 13.1. The molecule has 0 saturated carbocycles. The number of nitrogens with two attached hydrogens (primary N) is 1. The van der Waals surface area contributed by atoms with Gasteiger partial charge in [-0.15, -0.1) is 0 Å². The first-order valence-electron chi connectivity index (χ1n) is 5.47. The van der Waals surface area contributed by atoms with Gasteiger partial charge in [-0.3, -0.25) is 4.79 Å². The van der Waals surface area contributed by atoms with E-state index in [9.17, 15) is 9.18 Å². The molecule has 0 atom stereocenters. The largest absolute Gasteiger partial charge is 0.398 e. The molecule has 0 unspecified atom stereocenters. The normalized spacial score (nSPS) is 10.1. The standard InChI is InChI=1S/C14H13FN2O/c1-17(11-6-4-5-10(15)9-11)14(18)12-7-2-3-8-13(12)16/h2-9H,16H2,1H3. The minimum atomic E-state index is -0.381. The second kappa shape index (κ2) is 4.87. The van der Waals surface area contributed by atoms with Crippen LogP contribution in [0, 0.1) is 5.82 Å². The zero-order chi connectivity index (χ0) is 13.1. The van der Waals surface area contributed by atoms with Crippen LogP contribution >= 0.6 is 0 Å². The molecule has 0 radical (unpaired) electrons. The van der Waals surface area contributed by atoms with Crippen molar-refractivity contribution in [3.05, 3.63) is 59.9 Å². The predicted molar refractivity (Wildman–Crippen MR) is 70.0 cm³/mol. The number of carbonyl (C=O) groups is 1. The van der Waals surface area contributed by atoms with Gasteiger partial charge < -0.3 is 10.6 Å². The van der Waals surface area contributed by atoms with Crippen LogP contribution in [0.25, 0.3) is 0 Å². The summed E-state index contributed by atoms with van der Waals surface area (Å²) in [6.45, 7) is 0. The zero-order valence-corrected chi connectivity index (χ0v) is 9.93. The van der Waals surface area contributed by atoms with E-state index in [1.165, 1.54) is 17.0 Å². The fourth-order valence-electron chi connectivity index (χ4n) is 1.67. The Hall–Kier alpha value is -2.36. The molecule has 0 aromatic heterocycles. The summed E-state index contributed by atoms with van der Waals surface area (Å²) in [5, 5.41) is 0. The van der Waals surface area contributed by atoms with Crippen molar-refractivity contribution in [1.29, 1.82) is 0 Å². The van der Waals surface area contributed by atoms with Crippen LogP contribution < -0.4 is 10.6 Å². The maximum Gasteiger partial charge on any atom is 0.260 e. The molecular formula is C14H13FN2O. The van der Waals surface area contributed by atoms with Gasteiger partial charge in [0.15, 0.2) is 0 Å². The van der Waals surface area contributed by atoms with Gasteiger partial charge in [0.05, 0.1) is 5.56 Å². The fourth-order valence-corrected chi connectivity index (χ4v) is 1.67. The monoisotopic (exact) mass is 244 g/mol. The minimum Gasteiger partial charge on any atom is -0.398 e. The molecule has 2 rings (SSSR count). The van der Waals surface area contributed by atoms with Crippen LogP contribution in [0.5, 0.6) is 0 Å². The van der Waals surface area contributed by atoms with E-state index in [0.717, 1.165) is 0 Å². The summed E-state index contributed by atoms with van der Waals surface area (Å²) in [7, 11) is 1.59.